The number of nitrogens with one attached hydrogen (secondary N) is 2. The molecule has 0 saturated heterocycles. The van der Waals surface area contributed by atoms with Crippen LogP contribution in [0.1, 0.15) is 16.7 Å². The van der Waals surface area contributed by atoms with E-state index in [9.17, 15) is 14.9 Å². The largest absolute Gasteiger partial charge is 0.497 e. The summed E-state index contributed by atoms with van der Waals surface area (Å²) in [6, 6.07) is 20.5. The third-order valence-electron chi connectivity index (χ3n) is 5.60. The van der Waals surface area contributed by atoms with Gasteiger partial charge in [0.05, 0.1) is 24.7 Å². The Bertz CT molecular complexity index is 1360. The monoisotopic (exact) mass is 472 g/mol. The van der Waals surface area contributed by atoms with Crippen molar-refractivity contribution >= 4 is 34.5 Å². The van der Waals surface area contributed by atoms with E-state index in [0.29, 0.717) is 36.0 Å². The molecule has 0 fully saturated rings. The predicted octanol–water partition coefficient (Wildman–Crippen LogP) is 4.93. The summed E-state index contributed by atoms with van der Waals surface area (Å²) in [7, 11) is 3.19. The molecule has 0 aliphatic heterocycles. The van der Waals surface area contributed by atoms with E-state index in [0.717, 1.165) is 22.4 Å². The average molecular weight is 473 g/mol. The van der Waals surface area contributed by atoms with Gasteiger partial charge in [0.1, 0.15) is 17.2 Å². The molecule has 4 aromatic rings. The summed E-state index contributed by atoms with van der Waals surface area (Å²) in [5.74, 6) is 1.55. The molecule has 0 aliphatic carbocycles. The van der Waals surface area contributed by atoms with Crippen LogP contribution >= 0.6 is 0 Å². The lowest BCUT2D eigenvalue weighted by Gasteiger charge is -2.13. The lowest BCUT2D eigenvalue weighted by atomic mass is 10.0. The highest BCUT2D eigenvalue weighted by molar-refractivity contribution is 6.03. The fraction of sp³-hybridized carbons (Fsp3) is 0.154. The summed E-state index contributed by atoms with van der Waals surface area (Å²) >= 11 is 0. The maximum atomic E-state index is 12.0. The molecule has 0 bridgehead atoms. The van der Waals surface area contributed by atoms with E-state index >= 15 is 0 Å². The maximum absolute atomic E-state index is 12.0. The summed E-state index contributed by atoms with van der Waals surface area (Å²) in [6.45, 7) is 0.305. The number of rotatable bonds is 10. The molecule has 0 radical (unpaired) electrons. The second-order valence-corrected chi connectivity index (χ2v) is 7.78. The van der Waals surface area contributed by atoms with Crippen molar-refractivity contribution in [1.29, 1.82) is 0 Å². The van der Waals surface area contributed by atoms with Crippen LogP contribution in [0.15, 0.2) is 66.7 Å². The van der Waals surface area contributed by atoms with Crippen molar-refractivity contribution in [3.63, 3.8) is 0 Å². The van der Waals surface area contributed by atoms with E-state index in [-0.39, 0.29) is 17.2 Å². The molecular formula is C26H24N4O5. The van der Waals surface area contributed by atoms with Crippen LogP contribution in [0.3, 0.4) is 0 Å². The second kappa shape index (κ2) is 10.5. The van der Waals surface area contributed by atoms with Gasteiger partial charge in [0.15, 0.2) is 0 Å². The van der Waals surface area contributed by atoms with Gasteiger partial charge in [-0.05, 0) is 59.5 Å². The summed E-state index contributed by atoms with van der Waals surface area (Å²) < 4.78 is 10.4. The molecule has 2 N–H and O–H groups in total. The van der Waals surface area contributed by atoms with Gasteiger partial charge in [0.2, 0.25) is 12.2 Å². The number of nitro groups is 1. The Morgan fingerprint density at radius 3 is 2.09 bits per heavy atom. The smallest absolute Gasteiger partial charge is 0.335 e. The van der Waals surface area contributed by atoms with Gasteiger partial charge in [-0.3, -0.25) is 14.9 Å². The van der Waals surface area contributed by atoms with Crippen molar-refractivity contribution < 1.29 is 19.2 Å². The number of nitrogens with zero attached hydrogens (tertiary/aromatic N) is 2. The van der Waals surface area contributed by atoms with Crippen molar-refractivity contribution in [3.05, 3.63) is 93.5 Å². The highest BCUT2D eigenvalue weighted by Crippen LogP contribution is 2.38. The number of fused-ring (bicyclic) bond motifs is 1. The number of methoxy groups -OCH3 is 2. The minimum absolute atomic E-state index is 0.0746. The molecule has 35 heavy (non-hydrogen) atoms. The molecule has 9 nitrogen and oxygen atoms in total. The van der Waals surface area contributed by atoms with Crippen molar-refractivity contribution in [3.8, 4) is 11.5 Å². The second-order valence-electron chi connectivity index (χ2n) is 7.78. The number of hydrogen-bond donors (Lipinski definition) is 2. The average Bonchev–Trinajstić information content (AvgIpc) is 2.88. The van der Waals surface area contributed by atoms with Gasteiger partial charge in [-0.2, -0.15) is 0 Å². The number of ether oxygens (including phenoxy) is 2. The Morgan fingerprint density at radius 1 is 0.914 bits per heavy atom. The highest BCUT2D eigenvalue weighted by atomic mass is 16.6. The molecule has 0 unspecified atom stereocenters. The molecule has 178 valence electrons. The Balaban J connectivity index is 1.70. The minimum Gasteiger partial charge on any atom is -0.497 e. The van der Waals surface area contributed by atoms with Gasteiger partial charge in [0, 0.05) is 11.9 Å². The van der Waals surface area contributed by atoms with Crippen LogP contribution in [0.4, 0.5) is 17.2 Å². The number of benzene rings is 3. The molecular weight excluding hydrogens is 448 g/mol. The van der Waals surface area contributed by atoms with Crippen molar-refractivity contribution in [2.24, 2.45) is 0 Å². The van der Waals surface area contributed by atoms with E-state index in [1.807, 2.05) is 60.7 Å². The first kappa shape index (κ1) is 23.5. The SMILES string of the molecule is COc1ccc(CNc2nc3ccc(Cc4ccc(OC)cc4)cc3c(NC=O)c2[N+](=O)[O-])cc1. The molecule has 4 rings (SSSR count). The molecule has 1 aromatic heterocycles. The molecule has 1 heterocycles. The van der Waals surface area contributed by atoms with Crippen LogP contribution in [-0.4, -0.2) is 30.5 Å². The maximum Gasteiger partial charge on any atom is 0.335 e. The Labute approximate surface area is 201 Å². The zero-order chi connectivity index (χ0) is 24.8. The number of anilines is 2. The molecule has 0 spiro atoms. The first-order chi connectivity index (χ1) is 17.0. The Morgan fingerprint density at radius 2 is 1.51 bits per heavy atom. The van der Waals surface area contributed by atoms with Gasteiger partial charge in [-0.25, -0.2) is 4.98 Å². The first-order valence-electron chi connectivity index (χ1n) is 10.8. The third kappa shape index (κ3) is 5.30. The van der Waals surface area contributed by atoms with Crippen LogP contribution in [0.25, 0.3) is 10.9 Å². The zero-order valence-corrected chi connectivity index (χ0v) is 19.3. The number of pyridine rings is 1. The van der Waals surface area contributed by atoms with Gasteiger partial charge in [0.25, 0.3) is 0 Å². The topological polar surface area (TPSA) is 116 Å². The van der Waals surface area contributed by atoms with E-state index < -0.39 is 4.92 Å². The van der Waals surface area contributed by atoms with E-state index in [4.69, 9.17) is 9.47 Å². The molecule has 0 saturated carbocycles. The fourth-order valence-electron chi connectivity index (χ4n) is 3.82. The fourth-order valence-corrected chi connectivity index (χ4v) is 3.82. The normalized spacial score (nSPS) is 10.6. The van der Waals surface area contributed by atoms with Gasteiger partial charge in [-0.1, -0.05) is 30.3 Å². The Kier molecular flexibility index (Phi) is 7.06. The number of amides is 1. The first-order valence-corrected chi connectivity index (χ1v) is 10.8. The van der Waals surface area contributed by atoms with Gasteiger partial charge >= 0.3 is 5.69 Å². The van der Waals surface area contributed by atoms with E-state index in [2.05, 4.69) is 15.6 Å². The summed E-state index contributed by atoms with van der Waals surface area (Å²) in [5.41, 5.74) is 3.20. The standard InChI is InChI=1S/C26H24N4O5/c1-34-20-8-3-17(4-9-20)13-19-7-12-23-22(14-19)24(28-16-31)25(30(32)33)26(29-23)27-15-18-5-10-21(35-2)11-6-18/h3-12,14,16H,13,15H2,1-2H3,(H2,27,28,29,31). The van der Waals surface area contributed by atoms with Gasteiger partial charge in [-0.15, -0.1) is 0 Å². The zero-order valence-electron chi connectivity index (χ0n) is 19.3. The lowest BCUT2D eigenvalue weighted by molar-refractivity contribution is -0.383. The van der Waals surface area contributed by atoms with Gasteiger partial charge < -0.3 is 20.1 Å². The minimum atomic E-state index is -0.537. The predicted molar refractivity (Wildman–Crippen MR) is 134 cm³/mol. The van der Waals surface area contributed by atoms with Crippen LogP contribution in [0.2, 0.25) is 0 Å². The highest BCUT2D eigenvalue weighted by Gasteiger charge is 2.25. The van der Waals surface area contributed by atoms with E-state index in [1.165, 1.54) is 0 Å². The van der Waals surface area contributed by atoms with Crippen LogP contribution in [0, 0.1) is 10.1 Å². The lowest BCUT2D eigenvalue weighted by Crippen LogP contribution is -2.09. The van der Waals surface area contributed by atoms with Crippen LogP contribution in [0.5, 0.6) is 11.5 Å². The Hall–Kier alpha value is -4.66. The quantitative estimate of drug-likeness (QED) is 0.191. The van der Waals surface area contributed by atoms with Crippen molar-refractivity contribution in [2.45, 2.75) is 13.0 Å². The number of aromatic nitrogens is 1. The van der Waals surface area contributed by atoms with Crippen LogP contribution < -0.4 is 20.1 Å². The number of hydrogen-bond acceptors (Lipinski definition) is 7. The molecule has 1 amide bonds. The summed E-state index contributed by atoms with van der Waals surface area (Å²) in [6.07, 6.45) is 1.04. The molecule has 3 aromatic carbocycles. The van der Waals surface area contributed by atoms with Crippen LogP contribution in [-0.2, 0) is 17.8 Å². The molecule has 0 aliphatic rings. The third-order valence-corrected chi connectivity index (χ3v) is 5.60. The summed E-state index contributed by atoms with van der Waals surface area (Å²) in [4.78, 5) is 27.4. The number of carbonyl (C=O) groups excluding carboxylic acids is 1. The van der Waals surface area contributed by atoms with Crippen molar-refractivity contribution in [2.75, 3.05) is 24.9 Å². The molecule has 9 heteroatoms. The molecule has 0 atom stereocenters. The number of carbonyl (C=O) groups is 1. The van der Waals surface area contributed by atoms with E-state index in [1.54, 1.807) is 20.3 Å². The van der Waals surface area contributed by atoms with Crippen molar-refractivity contribution in [1.82, 2.24) is 4.98 Å². The summed E-state index contributed by atoms with van der Waals surface area (Å²) in [5, 5.41) is 18.1.